The van der Waals surface area contributed by atoms with E-state index in [9.17, 15) is 15.0 Å². The zero-order chi connectivity index (χ0) is 23.3. The Morgan fingerprint density at radius 2 is 1.91 bits per heavy atom. The minimum Gasteiger partial charge on any atom is -0.390 e. The van der Waals surface area contributed by atoms with Gasteiger partial charge in [-0.3, -0.25) is 4.79 Å². The van der Waals surface area contributed by atoms with Gasteiger partial charge in [0.1, 0.15) is 12.2 Å². The van der Waals surface area contributed by atoms with E-state index in [1.165, 1.54) is 19.3 Å². The Bertz CT molecular complexity index is 832. The van der Waals surface area contributed by atoms with Crippen LogP contribution in [-0.2, 0) is 17.9 Å². The fraction of sp³-hybridized carbons (Fsp3) is 0.885. The second-order valence-electron chi connectivity index (χ2n) is 12.2. The molecule has 32 heavy (non-hydrogen) atoms. The number of aliphatic hydroxyl groups excluding tert-OH is 1. The minimum absolute atomic E-state index is 0.0289. The Morgan fingerprint density at radius 3 is 2.56 bits per heavy atom. The number of fused-ring (bicyclic) bond motifs is 1. The van der Waals surface area contributed by atoms with E-state index in [0.717, 1.165) is 32.1 Å². The molecule has 0 aliphatic heterocycles. The van der Waals surface area contributed by atoms with Gasteiger partial charge < -0.3 is 10.2 Å². The van der Waals surface area contributed by atoms with Gasteiger partial charge in [0.15, 0.2) is 5.78 Å². The lowest BCUT2D eigenvalue weighted by molar-refractivity contribution is -0.133. The van der Waals surface area contributed by atoms with E-state index >= 15 is 0 Å². The maximum atomic E-state index is 13.3. The average molecular weight is 446 g/mol. The summed E-state index contributed by atoms with van der Waals surface area (Å²) in [6, 6.07) is 0. The summed E-state index contributed by atoms with van der Waals surface area (Å²) < 4.78 is 1.58. The maximum Gasteiger partial charge on any atom is 0.157 e. The molecule has 0 radical (unpaired) electrons. The van der Waals surface area contributed by atoms with Crippen LogP contribution in [0.2, 0.25) is 0 Å². The Labute approximate surface area is 193 Å². The summed E-state index contributed by atoms with van der Waals surface area (Å²) in [5, 5.41) is 27.9. The van der Waals surface area contributed by atoms with E-state index in [4.69, 9.17) is 0 Å². The predicted octanol–water partition coefficient (Wildman–Crippen LogP) is 4.39. The molecule has 2 N–H and O–H groups in total. The van der Waals surface area contributed by atoms with E-state index in [1.54, 1.807) is 10.9 Å². The Balaban J connectivity index is 1.50. The molecule has 1 heterocycles. The number of hydrogen-bond donors (Lipinski definition) is 2. The van der Waals surface area contributed by atoms with Crippen LogP contribution in [0.4, 0.5) is 0 Å². The lowest BCUT2D eigenvalue weighted by atomic mass is 9.47. The fourth-order valence-electron chi connectivity index (χ4n) is 8.31. The van der Waals surface area contributed by atoms with Gasteiger partial charge in [-0.05, 0) is 86.4 Å². The van der Waals surface area contributed by atoms with E-state index in [2.05, 4.69) is 38.0 Å². The topological polar surface area (TPSA) is 88.2 Å². The SMILES string of the molecule is CC[C@H]1[C@H]([C@@H]2CC[C@H](C(=O)Cn3cc(CO)nn3)C2(C)C)CC[C@@H]2C[C@](C)(O)CC[C@@]21C. The number of aromatic nitrogens is 3. The van der Waals surface area contributed by atoms with Gasteiger partial charge in [0.2, 0.25) is 0 Å². The van der Waals surface area contributed by atoms with Gasteiger partial charge in [-0.25, -0.2) is 4.68 Å². The Kier molecular flexibility index (Phi) is 6.34. The molecule has 1 aromatic rings. The van der Waals surface area contributed by atoms with Crippen LogP contribution >= 0.6 is 0 Å². The van der Waals surface area contributed by atoms with Gasteiger partial charge in [-0.15, -0.1) is 5.10 Å². The molecule has 7 atom stereocenters. The van der Waals surface area contributed by atoms with Crippen LogP contribution in [0.5, 0.6) is 0 Å². The quantitative estimate of drug-likeness (QED) is 0.678. The first kappa shape index (κ1) is 23.9. The lowest BCUT2D eigenvalue weighted by Gasteiger charge is -2.58. The van der Waals surface area contributed by atoms with Crippen molar-refractivity contribution in [3.05, 3.63) is 11.9 Å². The molecular formula is C26H43N3O3. The Hall–Kier alpha value is -1.27. The monoisotopic (exact) mass is 445 g/mol. The van der Waals surface area contributed by atoms with Gasteiger partial charge in [0, 0.05) is 5.92 Å². The highest BCUT2D eigenvalue weighted by Crippen LogP contribution is 2.63. The third kappa shape index (κ3) is 4.06. The molecule has 3 aliphatic rings. The smallest absolute Gasteiger partial charge is 0.157 e. The summed E-state index contributed by atoms with van der Waals surface area (Å²) in [5.41, 5.74) is 0.276. The lowest BCUT2D eigenvalue weighted by Crippen LogP contribution is -2.52. The number of ketones is 1. The highest BCUT2D eigenvalue weighted by atomic mass is 16.3. The minimum atomic E-state index is -0.503. The zero-order valence-corrected chi connectivity index (χ0v) is 20.7. The molecule has 3 fully saturated rings. The van der Waals surface area contributed by atoms with Crippen molar-refractivity contribution < 1.29 is 15.0 Å². The number of carbonyl (C=O) groups is 1. The van der Waals surface area contributed by atoms with Crippen LogP contribution in [-0.4, -0.2) is 36.6 Å². The molecule has 0 aromatic carbocycles. The van der Waals surface area contributed by atoms with Gasteiger partial charge in [0.05, 0.1) is 18.4 Å². The summed E-state index contributed by atoms with van der Waals surface area (Å²) in [5.74, 6) is 2.79. The van der Waals surface area contributed by atoms with Crippen LogP contribution in [0.15, 0.2) is 6.20 Å². The molecular weight excluding hydrogens is 402 g/mol. The summed E-state index contributed by atoms with van der Waals surface area (Å²) >= 11 is 0. The van der Waals surface area contributed by atoms with E-state index in [-0.39, 0.29) is 30.3 Å². The van der Waals surface area contributed by atoms with Crippen molar-refractivity contribution >= 4 is 5.78 Å². The van der Waals surface area contributed by atoms with E-state index in [1.807, 2.05) is 6.92 Å². The van der Waals surface area contributed by atoms with Crippen LogP contribution < -0.4 is 0 Å². The number of nitrogens with zero attached hydrogens (tertiary/aromatic N) is 3. The predicted molar refractivity (Wildman–Crippen MR) is 124 cm³/mol. The first-order valence-corrected chi connectivity index (χ1v) is 12.8. The van der Waals surface area contributed by atoms with Crippen molar-refractivity contribution in [1.82, 2.24) is 15.0 Å². The van der Waals surface area contributed by atoms with Crippen LogP contribution in [0.25, 0.3) is 0 Å². The number of hydrogen-bond acceptors (Lipinski definition) is 5. The second-order valence-corrected chi connectivity index (χ2v) is 12.2. The van der Waals surface area contributed by atoms with Crippen LogP contribution in [0.1, 0.15) is 91.7 Å². The first-order chi connectivity index (χ1) is 15.0. The number of carbonyl (C=O) groups excluding carboxylic acids is 1. The summed E-state index contributed by atoms with van der Waals surface area (Å²) in [6.45, 7) is 11.6. The molecule has 4 rings (SSSR count). The zero-order valence-electron chi connectivity index (χ0n) is 20.7. The number of Topliss-reactive ketones (excluding diaryl/α,β-unsaturated/α-hetero) is 1. The summed E-state index contributed by atoms with van der Waals surface area (Å²) in [4.78, 5) is 13.3. The second kappa shape index (κ2) is 8.50. The van der Waals surface area contributed by atoms with E-state index in [0.29, 0.717) is 34.8 Å². The molecule has 0 spiro atoms. The molecule has 1 aromatic heterocycles. The molecule has 0 unspecified atom stereocenters. The van der Waals surface area contributed by atoms with Gasteiger partial charge in [-0.2, -0.15) is 0 Å². The third-order valence-corrected chi connectivity index (χ3v) is 10.1. The van der Waals surface area contributed by atoms with E-state index < -0.39 is 5.60 Å². The van der Waals surface area contributed by atoms with Crippen molar-refractivity contribution in [3.63, 3.8) is 0 Å². The van der Waals surface area contributed by atoms with Crippen molar-refractivity contribution in [2.24, 2.45) is 40.4 Å². The molecule has 0 saturated heterocycles. The molecule has 6 heteroatoms. The molecule has 0 bridgehead atoms. The van der Waals surface area contributed by atoms with Crippen molar-refractivity contribution in [2.45, 2.75) is 105 Å². The van der Waals surface area contributed by atoms with Crippen molar-refractivity contribution in [3.8, 4) is 0 Å². The standard InChI is InChI=1S/C26H43N3O3/c1-6-20-19(8-7-17-13-25(4,32)11-12-26(17,20)5)21-9-10-22(24(21,2)3)23(31)15-29-14-18(16-30)27-28-29/h14,17,19-22,30,32H,6-13,15-16H2,1-5H3/t17-,19-,20+,21+,22-,25-,26+/m1/s1. The fourth-order valence-corrected chi connectivity index (χ4v) is 8.31. The van der Waals surface area contributed by atoms with Crippen molar-refractivity contribution in [2.75, 3.05) is 0 Å². The molecule has 6 nitrogen and oxygen atoms in total. The van der Waals surface area contributed by atoms with Crippen LogP contribution in [0.3, 0.4) is 0 Å². The molecule has 0 amide bonds. The highest BCUT2D eigenvalue weighted by molar-refractivity contribution is 5.81. The van der Waals surface area contributed by atoms with Crippen LogP contribution in [0, 0.1) is 40.4 Å². The van der Waals surface area contributed by atoms with Crippen molar-refractivity contribution in [1.29, 1.82) is 0 Å². The molecule has 3 saturated carbocycles. The maximum absolute atomic E-state index is 13.3. The summed E-state index contributed by atoms with van der Waals surface area (Å²) in [6.07, 6.45) is 10.4. The number of rotatable bonds is 6. The van der Waals surface area contributed by atoms with Gasteiger partial charge in [-0.1, -0.05) is 39.3 Å². The largest absolute Gasteiger partial charge is 0.390 e. The summed E-state index contributed by atoms with van der Waals surface area (Å²) in [7, 11) is 0. The highest BCUT2D eigenvalue weighted by Gasteiger charge is 2.57. The average Bonchev–Trinajstić information content (AvgIpc) is 3.30. The molecule has 180 valence electrons. The first-order valence-electron chi connectivity index (χ1n) is 12.8. The molecule has 3 aliphatic carbocycles. The van der Waals surface area contributed by atoms with Gasteiger partial charge in [0.25, 0.3) is 0 Å². The normalized spacial score (nSPS) is 41.4. The third-order valence-electron chi connectivity index (χ3n) is 10.1. The Morgan fingerprint density at radius 1 is 1.16 bits per heavy atom. The van der Waals surface area contributed by atoms with Gasteiger partial charge >= 0.3 is 0 Å². The number of aliphatic hydroxyl groups is 2.